The number of hydrogen-bond donors (Lipinski definition) is 1. The Hall–Kier alpha value is -1.83. The molecule has 1 N–H and O–H groups in total. The van der Waals surface area contributed by atoms with Crippen molar-refractivity contribution in [1.82, 2.24) is 4.98 Å². The number of rotatable bonds is 1. The summed E-state index contributed by atoms with van der Waals surface area (Å²) < 4.78 is 0. The van der Waals surface area contributed by atoms with Crippen LogP contribution in [-0.4, -0.2) is 10.1 Å². The van der Waals surface area contributed by atoms with E-state index in [2.05, 4.69) is 11.6 Å². The molecule has 0 bridgehead atoms. The first-order valence-corrected chi connectivity index (χ1v) is 4.02. The molecule has 0 saturated carbocycles. The van der Waals surface area contributed by atoms with Gasteiger partial charge in [0, 0.05) is 10.9 Å². The molecule has 1 heterocycles. The summed E-state index contributed by atoms with van der Waals surface area (Å²) in [6.45, 7) is 3.65. The fourth-order valence-corrected chi connectivity index (χ4v) is 1.37. The van der Waals surface area contributed by atoms with E-state index in [-0.39, 0.29) is 5.75 Å². The monoisotopic (exact) mass is 171 g/mol. The van der Waals surface area contributed by atoms with Crippen molar-refractivity contribution in [1.29, 1.82) is 0 Å². The van der Waals surface area contributed by atoms with E-state index in [0.717, 1.165) is 16.5 Å². The number of para-hydroxylation sites is 1. The summed E-state index contributed by atoms with van der Waals surface area (Å²) in [7, 11) is 0. The van der Waals surface area contributed by atoms with Crippen LogP contribution in [0.3, 0.4) is 0 Å². The van der Waals surface area contributed by atoms with Gasteiger partial charge in [-0.1, -0.05) is 30.9 Å². The van der Waals surface area contributed by atoms with Crippen LogP contribution in [-0.2, 0) is 0 Å². The van der Waals surface area contributed by atoms with E-state index in [9.17, 15) is 5.11 Å². The minimum absolute atomic E-state index is 0.175. The van der Waals surface area contributed by atoms with E-state index in [4.69, 9.17) is 0 Å². The van der Waals surface area contributed by atoms with E-state index in [1.165, 1.54) is 6.20 Å². The maximum absolute atomic E-state index is 9.47. The van der Waals surface area contributed by atoms with Crippen molar-refractivity contribution in [2.75, 3.05) is 0 Å². The van der Waals surface area contributed by atoms with Crippen LogP contribution in [0, 0.1) is 0 Å². The molecule has 64 valence electrons. The van der Waals surface area contributed by atoms with E-state index in [0.29, 0.717) is 0 Å². The van der Waals surface area contributed by atoms with Crippen LogP contribution >= 0.6 is 0 Å². The molecular formula is C11H9NO. The molecule has 0 spiro atoms. The molecular weight excluding hydrogens is 162 g/mol. The van der Waals surface area contributed by atoms with Crippen LogP contribution in [0.25, 0.3) is 17.0 Å². The van der Waals surface area contributed by atoms with E-state index in [1.807, 2.05) is 24.3 Å². The molecule has 0 atom stereocenters. The Morgan fingerprint density at radius 1 is 1.31 bits per heavy atom. The molecule has 0 unspecified atom stereocenters. The number of pyridine rings is 1. The lowest BCUT2D eigenvalue weighted by atomic mass is 10.1. The Labute approximate surface area is 76.2 Å². The van der Waals surface area contributed by atoms with Crippen molar-refractivity contribution in [2.24, 2.45) is 0 Å². The second-order valence-electron chi connectivity index (χ2n) is 2.78. The molecule has 0 aliphatic carbocycles. The van der Waals surface area contributed by atoms with Gasteiger partial charge in [0.15, 0.2) is 0 Å². The maximum Gasteiger partial charge on any atom is 0.141 e. The van der Waals surface area contributed by atoms with Gasteiger partial charge in [-0.25, -0.2) is 0 Å². The highest BCUT2D eigenvalue weighted by Gasteiger charge is 2.02. The van der Waals surface area contributed by atoms with Crippen LogP contribution in [0.4, 0.5) is 0 Å². The lowest BCUT2D eigenvalue weighted by molar-refractivity contribution is 0.472. The molecule has 0 aliphatic rings. The number of hydrogen-bond acceptors (Lipinski definition) is 2. The molecule has 1 aromatic carbocycles. The largest absolute Gasteiger partial charge is 0.506 e. The fourth-order valence-electron chi connectivity index (χ4n) is 1.37. The van der Waals surface area contributed by atoms with Gasteiger partial charge in [-0.05, 0) is 6.07 Å². The van der Waals surface area contributed by atoms with Gasteiger partial charge in [0.1, 0.15) is 5.75 Å². The molecule has 0 aliphatic heterocycles. The Balaban J connectivity index is 2.91. The molecule has 2 nitrogen and oxygen atoms in total. The van der Waals surface area contributed by atoms with Gasteiger partial charge in [0.05, 0.1) is 11.7 Å². The van der Waals surface area contributed by atoms with Gasteiger partial charge in [-0.3, -0.25) is 4.98 Å². The Morgan fingerprint density at radius 3 is 2.85 bits per heavy atom. The third-order valence-electron chi connectivity index (χ3n) is 2.00. The first-order chi connectivity index (χ1) is 6.33. The second-order valence-corrected chi connectivity index (χ2v) is 2.78. The summed E-state index contributed by atoms with van der Waals surface area (Å²) in [6, 6.07) is 7.65. The highest BCUT2D eigenvalue weighted by atomic mass is 16.3. The second kappa shape index (κ2) is 2.90. The normalized spacial score (nSPS) is 10.2. The molecule has 0 fully saturated rings. The Morgan fingerprint density at radius 2 is 2.08 bits per heavy atom. The molecule has 2 aromatic rings. The summed E-state index contributed by atoms with van der Waals surface area (Å²) >= 11 is 0. The minimum atomic E-state index is 0.175. The molecule has 0 saturated heterocycles. The number of fused-ring (bicyclic) bond motifs is 1. The summed E-state index contributed by atoms with van der Waals surface area (Å²) in [5.41, 5.74) is 1.61. The zero-order chi connectivity index (χ0) is 9.26. The van der Waals surface area contributed by atoms with Gasteiger partial charge in [0.25, 0.3) is 0 Å². The van der Waals surface area contributed by atoms with E-state index in [1.54, 1.807) is 6.08 Å². The van der Waals surface area contributed by atoms with Crippen molar-refractivity contribution in [3.8, 4) is 5.75 Å². The van der Waals surface area contributed by atoms with Gasteiger partial charge in [0.2, 0.25) is 0 Å². The quantitative estimate of drug-likeness (QED) is 0.715. The lowest BCUT2D eigenvalue weighted by Crippen LogP contribution is -1.82. The highest BCUT2D eigenvalue weighted by molar-refractivity contribution is 5.89. The maximum atomic E-state index is 9.47. The molecule has 13 heavy (non-hydrogen) atoms. The molecule has 1 aromatic heterocycles. The van der Waals surface area contributed by atoms with Crippen LogP contribution in [0.1, 0.15) is 5.56 Å². The molecule has 2 rings (SSSR count). The van der Waals surface area contributed by atoms with Gasteiger partial charge < -0.3 is 5.11 Å². The van der Waals surface area contributed by atoms with E-state index < -0.39 is 0 Å². The van der Waals surface area contributed by atoms with Crippen molar-refractivity contribution in [3.05, 3.63) is 42.6 Å². The average Bonchev–Trinajstić information content (AvgIpc) is 2.18. The Bertz CT molecular complexity index is 463. The number of nitrogens with zero attached hydrogens (tertiary/aromatic N) is 1. The van der Waals surface area contributed by atoms with Gasteiger partial charge in [-0.15, -0.1) is 0 Å². The van der Waals surface area contributed by atoms with Crippen molar-refractivity contribution >= 4 is 17.0 Å². The fraction of sp³-hybridized carbons (Fsp3) is 0. The summed E-state index contributed by atoms with van der Waals surface area (Å²) in [6.07, 6.45) is 3.08. The Kier molecular flexibility index (Phi) is 1.74. The summed E-state index contributed by atoms with van der Waals surface area (Å²) in [4.78, 5) is 4.09. The zero-order valence-corrected chi connectivity index (χ0v) is 7.07. The van der Waals surface area contributed by atoms with Gasteiger partial charge >= 0.3 is 0 Å². The molecule has 0 radical (unpaired) electrons. The van der Waals surface area contributed by atoms with Gasteiger partial charge in [-0.2, -0.15) is 0 Å². The molecule has 2 heteroatoms. The number of aromatic nitrogens is 1. The standard InChI is InChI=1S/C11H9NO/c1-2-8-9-5-3-4-6-10(9)12-7-11(8)13/h2-7,13H,1H2. The topological polar surface area (TPSA) is 33.1 Å². The smallest absolute Gasteiger partial charge is 0.141 e. The minimum Gasteiger partial charge on any atom is -0.506 e. The highest BCUT2D eigenvalue weighted by Crippen LogP contribution is 2.25. The molecule has 0 amide bonds. The third kappa shape index (κ3) is 1.16. The summed E-state index contributed by atoms with van der Waals surface area (Å²) in [5.74, 6) is 0.175. The van der Waals surface area contributed by atoms with Crippen LogP contribution < -0.4 is 0 Å². The number of aromatic hydroxyl groups is 1. The predicted molar refractivity (Wildman–Crippen MR) is 53.5 cm³/mol. The average molecular weight is 171 g/mol. The number of benzene rings is 1. The van der Waals surface area contributed by atoms with E-state index >= 15 is 0 Å². The van der Waals surface area contributed by atoms with Crippen LogP contribution in [0.5, 0.6) is 5.75 Å². The van der Waals surface area contributed by atoms with Crippen molar-refractivity contribution in [2.45, 2.75) is 0 Å². The van der Waals surface area contributed by atoms with Crippen molar-refractivity contribution in [3.63, 3.8) is 0 Å². The first kappa shape index (κ1) is 7.80. The predicted octanol–water partition coefficient (Wildman–Crippen LogP) is 2.58. The van der Waals surface area contributed by atoms with Crippen molar-refractivity contribution < 1.29 is 5.11 Å². The first-order valence-electron chi connectivity index (χ1n) is 4.02. The third-order valence-corrected chi connectivity index (χ3v) is 2.00. The SMILES string of the molecule is C=Cc1c(O)cnc2ccccc12. The lowest BCUT2D eigenvalue weighted by Gasteiger charge is -2.02. The zero-order valence-electron chi connectivity index (χ0n) is 7.07. The summed E-state index contributed by atoms with van der Waals surface area (Å²) in [5, 5.41) is 10.4. The van der Waals surface area contributed by atoms with Crippen LogP contribution in [0.15, 0.2) is 37.0 Å². The van der Waals surface area contributed by atoms with Crippen LogP contribution in [0.2, 0.25) is 0 Å².